The van der Waals surface area contributed by atoms with E-state index in [0.717, 1.165) is 25.2 Å². The van der Waals surface area contributed by atoms with Crippen LogP contribution in [0.4, 0.5) is 13.2 Å². The average Bonchev–Trinajstić information content (AvgIpc) is 3.53. The Labute approximate surface area is 181 Å². The van der Waals surface area contributed by atoms with E-state index in [1.165, 1.54) is 23.3 Å². The van der Waals surface area contributed by atoms with Gasteiger partial charge in [0.15, 0.2) is 0 Å². The third-order valence-electron chi connectivity index (χ3n) is 5.54. The molecule has 0 saturated heterocycles. The highest BCUT2D eigenvalue weighted by atomic mass is 19.3. The van der Waals surface area contributed by atoms with Gasteiger partial charge in [0.05, 0.1) is 12.7 Å². The van der Waals surface area contributed by atoms with Gasteiger partial charge >= 0.3 is 6.43 Å². The molecule has 164 valence electrons. The van der Waals surface area contributed by atoms with Gasteiger partial charge in [-0.2, -0.15) is 8.78 Å². The lowest BCUT2D eigenvalue weighted by molar-refractivity contribution is 0.116. The third-order valence-corrected chi connectivity index (χ3v) is 5.54. The zero-order valence-corrected chi connectivity index (χ0v) is 17.2. The molecule has 1 aliphatic heterocycles. The maximum atomic E-state index is 14.6. The second-order valence-electron chi connectivity index (χ2n) is 7.64. The Morgan fingerprint density at radius 2 is 1.81 bits per heavy atom. The number of aromatic nitrogens is 5. The van der Waals surface area contributed by atoms with Crippen LogP contribution in [0.2, 0.25) is 0 Å². The van der Waals surface area contributed by atoms with Crippen LogP contribution < -0.4 is 0 Å². The van der Waals surface area contributed by atoms with E-state index in [9.17, 15) is 13.2 Å². The number of halogens is 3. The first-order chi connectivity index (χ1) is 15.5. The summed E-state index contributed by atoms with van der Waals surface area (Å²) in [6.45, 7) is 5.20. The van der Waals surface area contributed by atoms with Crippen molar-refractivity contribution in [1.82, 2.24) is 30.1 Å². The van der Waals surface area contributed by atoms with Gasteiger partial charge in [-0.05, 0) is 35.9 Å². The molecule has 32 heavy (non-hydrogen) atoms. The lowest BCUT2D eigenvalue weighted by Gasteiger charge is -2.09. The maximum absolute atomic E-state index is 14.6. The fourth-order valence-corrected chi connectivity index (χ4v) is 3.78. The van der Waals surface area contributed by atoms with Crippen molar-refractivity contribution in [1.29, 1.82) is 0 Å². The van der Waals surface area contributed by atoms with Crippen molar-refractivity contribution in [3.63, 3.8) is 0 Å². The highest BCUT2D eigenvalue weighted by Gasteiger charge is 2.19. The molecule has 0 radical (unpaired) electrons. The molecule has 0 N–H and O–H groups in total. The summed E-state index contributed by atoms with van der Waals surface area (Å²) in [6, 6.07) is 10.5. The molecule has 0 saturated carbocycles. The van der Waals surface area contributed by atoms with E-state index in [-0.39, 0.29) is 18.0 Å². The molecule has 3 heterocycles. The Balaban J connectivity index is 1.32. The normalized spacial score (nSPS) is 13.8. The van der Waals surface area contributed by atoms with Gasteiger partial charge in [-0.15, -0.1) is 15.3 Å². The Bertz CT molecular complexity index is 1270. The molecule has 0 unspecified atom stereocenters. The summed E-state index contributed by atoms with van der Waals surface area (Å²) in [6.07, 6.45) is -1.10. The summed E-state index contributed by atoms with van der Waals surface area (Å²) in [4.78, 5) is 2.36. The van der Waals surface area contributed by atoms with Crippen molar-refractivity contribution in [3.8, 4) is 22.7 Å². The fourth-order valence-electron chi connectivity index (χ4n) is 3.78. The quantitative estimate of drug-likeness (QED) is 0.441. The molecular weight excluding hydrogens is 421 g/mol. The molecule has 0 amide bonds. The molecule has 4 aromatic rings. The first-order valence-corrected chi connectivity index (χ1v) is 10.1. The van der Waals surface area contributed by atoms with Crippen LogP contribution in [0.15, 0.2) is 47.0 Å². The Kier molecular flexibility index (Phi) is 5.22. The Morgan fingerprint density at radius 3 is 2.56 bits per heavy atom. The number of benzene rings is 2. The number of nitrogens with zero attached hydrogens (tertiary/aromatic N) is 6. The number of alkyl halides is 2. The van der Waals surface area contributed by atoms with Crippen LogP contribution >= 0.6 is 0 Å². The van der Waals surface area contributed by atoms with E-state index in [0.29, 0.717) is 11.3 Å². The lowest BCUT2D eigenvalue weighted by Crippen LogP contribution is -2.14. The minimum absolute atomic E-state index is 0.160. The fraction of sp³-hybridized carbons (Fsp3) is 0.273. The van der Waals surface area contributed by atoms with E-state index in [1.807, 2.05) is 6.07 Å². The van der Waals surface area contributed by atoms with Gasteiger partial charge in [-0.1, -0.05) is 30.3 Å². The van der Waals surface area contributed by atoms with Crippen molar-refractivity contribution in [2.24, 2.45) is 0 Å². The van der Waals surface area contributed by atoms with Gasteiger partial charge in [-0.25, -0.2) is 9.07 Å². The first-order valence-electron chi connectivity index (χ1n) is 10.1. The highest BCUT2D eigenvalue weighted by molar-refractivity contribution is 5.60. The molecule has 1 aliphatic rings. The number of fused-ring (bicyclic) bond motifs is 1. The van der Waals surface area contributed by atoms with Crippen molar-refractivity contribution in [2.45, 2.75) is 33.0 Å². The molecule has 5 rings (SSSR count). The molecule has 2 aromatic heterocycles. The molecule has 10 heteroatoms. The van der Waals surface area contributed by atoms with Crippen LogP contribution in [0.1, 0.15) is 35.9 Å². The van der Waals surface area contributed by atoms with E-state index in [2.05, 4.69) is 44.5 Å². The number of hydrogen-bond donors (Lipinski definition) is 0. The Hall–Kier alpha value is -3.53. The molecule has 2 aromatic carbocycles. The molecule has 0 bridgehead atoms. The first kappa shape index (κ1) is 20.4. The predicted molar refractivity (Wildman–Crippen MR) is 109 cm³/mol. The molecule has 0 atom stereocenters. The van der Waals surface area contributed by atoms with E-state index >= 15 is 0 Å². The smallest absolute Gasteiger partial charge is 0.314 e. The zero-order valence-electron chi connectivity index (χ0n) is 17.2. The standard InChI is InChI=1S/C22H19F3N6O/c1-2-30-9-15-5-3-13(7-17(15)10-30)19-12-31(29-26-19)11-16-6-4-14(8-18(16)23)21-27-28-22(32-21)20(24)25/h3-8,12,20H,2,9-11H2,1H3. The largest absolute Gasteiger partial charge is 0.415 e. The van der Waals surface area contributed by atoms with Gasteiger partial charge in [-0.3, -0.25) is 4.90 Å². The summed E-state index contributed by atoms with van der Waals surface area (Å²) >= 11 is 0. The molecule has 0 aliphatic carbocycles. The summed E-state index contributed by atoms with van der Waals surface area (Å²) in [5.41, 5.74) is 4.89. The average molecular weight is 440 g/mol. The third kappa shape index (κ3) is 3.89. The van der Waals surface area contributed by atoms with Crippen LogP contribution in [0, 0.1) is 5.82 Å². The monoisotopic (exact) mass is 440 g/mol. The molecule has 7 nitrogen and oxygen atoms in total. The number of rotatable bonds is 6. The van der Waals surface area contributed by atoms with E-state index in [4.69, 9.17) is 4.42 Å². The topological polar surface area (TPSA) is 72.9 Å². The lowest BCUT2D eigenvalue weighted by atomic mass is 10.0. The van der Waals surface area contributed by atoms with Gasteiger partial charge < -0.3 is 4.42 Å². The predicted octanol–water partition coefficient (Wildman–Crippen LogP) is 4.46. The van der Waals surface area contributed by atoms with Crippen molar-refractivity contribution in [3.05, 3.63) is 71.0 Å². The van der Waals surface area contributed by atoms with Crippen LogP contribution in [0.5, 0.6) is 0 Å². The molecule has 0 spiro atoms. The highest BCUT2D eigenvalue weighted by Crippen LogP contribution is 2.28. The van der Waals surface area contributed by atoms with E-state index in [1.54, 1.807) is 16.9 Å². The number of hydrogen-bond acceptors (Lipinski definition) is 6. The summed E-state index contributed by atoms with van der Waals surface area (Å²) in [7, 11) is 0. The van der Waals surface area contributed by atoms with Crippen LogP contribution in [-0.4, -0.2) is 36.6 Å². The minimum Gasteiger partial charge on any atom is -0.415 e. The molecule has 0 fully saturated rings. The Morgan fingerprint density at radius 1 is 1.00 bits per heavy atom. The second kappa shape index (κ2) is 8.19. The van der Waals surface area contributed by atoms with Crippen LogP contribution in [0.3, 0.4) is 0 Å². The van der Waals surface area contributed by atoms with Crippen molar-refractivity contribution < 1.29 is 17.6 Å². The summed E-state index contributed by atoms with van der Waals surface area (Å²) in [5.74, 6) is -1.49. The van der Waals surface area contributed by atoms with E-state index < -0.39 is 18.1 Å². The summed E-state index contributed by atoms with van der Waals surface area (Å²) in [5, 5.41) is 15.2. The van der Waals surface area contributed by atoms with Gasteiger partial charge in [0.1, 0.15) is 11.5 Å². The van der Waals surface area contributed by atoms with Gasteiger partial charge in [0, 0.05) is 29.8 Å². The zero-order chi connectivity index (χ0) is 22.2. The van der Waals surface area contributed by atoms with Crippen molar-refractivity contribution >= 4 is 0 Å². The van der Waals surface area contributed by atoms with Crippen molar-refractivity contribution in [2.75, 3.05) is 6.54 Å². The van der Waals surface area contributed by atoms with Crippen LogP contribution in [0.25, 0.3) is 22.7 Å². The SMILES string of the molecule is CCN1Cc2ccc(-c3cn(Cc4ccc(-c5nnc(C(F)F)o5)cc4F)nn3)cc2C1. The van der Waals surface area contributed by atoms with Gasteiger partial charge in [0.25, 0.3) is 5.89 Å². The van der Waals surface area contributed by atoms with Crippen LogP contribution in [-0.2, 0) is 19.6 Å². The summed E-state index contributed by atoms with van der Waals surface area (Å²) < 4.78 is 46.3. The molecular formula is C22H19F3N6O. The van der Waals surface area contributed by atoms with Gasteiger partial charge in [0.2, 0.25) is 5.89 Å². The maximum Gasteiger partial charge on any atom is 0.314 e. The second-order valence-corrected chi connectivity index (χ2v) is 7.64. The minimum atomic E-state index is -2.88.